The lowest BCUT2D eigenvalue weighted by Crippen LogP contribution is -2.39. The van der Waals surface area contributed by atoms with Crippen molar-refractivity contribution >= 4 is 17.6 Å². The molecule has 1 aromatic heterocycles. The number of hydrogen-bond acceptors (Lipinski definition) is 6. The molecule has 0 amide bonds. The summed E-state index contributed by atoms with van der Waals surface area (Å²) in [4.78, 5) is 26.0. The molecule has 130 valence electrons. The van der Waals surface area contributed by atoms with Crippen LogP contribution >= 0.6 is 0 Å². The maximum Gasteiger partial charge on any atom is 0.358 e. The Bertz CT molecular complexity index is 762. The van der Waals surface area contributed by atoms with Crippen LogP contribution in [0, 0.1) is 11.7 Å². The number of carbonyl (C=O) groups is 2. The Morgan fingerprint density at radius 1 is 1.16 bits per heavy atom. The number of ether oxygens (including phenoxy) is 1. The summed E-state index contributed by atoms with van der Waals surface area (Å²) in [6, 6.07) is 8.88. The summed E-state index contributed by atoms with van der Waals surface area (Å²) < 4.78 is 17.6. The van der Waals surface area contributed by atoms with Gasteiger partial charge in [0.15, 0.2) is 17.3 Å². The Kier molecular flexibility index (Phi) is 5.02. The molecule has 0 radical (unpaired) electrons. The number of ketones is 1. The van der Waals surface area contributed by atoms with Crippen molar-refractivity contribution in [2.45, 2.75) is 12.8 Å². The van der Waals surface area contributed by atoms with Gasteiger partial charge in [-0.1, -0.05) is 0 Å². The highest BCUT2D eigenvalue weighted by Gasteiger charge is 2.27. The predicted molar refractivity (Wildman–Crippen MR) is 89.0 cm³/mol. The van der Waals surface area contributed by atoms with E-state index in [1.54, 1.807) is 12.1 Å². The van der Waals surface area contributed by atoms with Crippen molar-refractivity contribution in [3.63, 3.8) is 0 Å². The molecule has 1 fully saturated rings. The lowest BCUT2D eigenvalue weighted by atomic mass is 9.90. The standard InChI is InChI=1S/C18H18FN3O3/c1-25-18(24)15-8-9-16(21-20-15)22-10-2-3-13(11-22)17(23)12-4-6-14(19)7-5-12/h4-9,13H,2-3,10-11H2,1H3. The van der Waals surface area contributed by atoms with Gasteiger partial charge in [0.2, 0.25) is 0 Å². The summed E-state index contributed by atoms with van der Waals surface area (Å²) in [5.74, 6) is -0.459. The third-order valence-corrected chi connectivity index (χ3v) is 4.29. The summed E-state index contributed by atoms with van der Waals surface area (Å²) >= 11 is 0. The van der Waals surface area contributed by atoms with E-state index in [1.807, 2.05) is 4.90 Å². The van der Waals surface area contributed by atoms with Crippen molar-refractivity contribution in [1.29, 1.82) is 0 Å². The molecule has 0 N–H and O–H groups in total. The van der Waals surface area contributed by atoms with Gasteiger partial charge in [-0.3, -0.25) is 4.79 Å². The molecule has 2 heterocycles. The summed E-state index contributed by atoms with van der Waals surface area (Å²) in [6.07, 6.45) is 1.62. The number of benzene rings is 1. The van der Waals surface area contributed by atoms with Crippen LogP contribution in [0.2, 0.25) is 0 Å². The van der Waals surface area contributed by atoms with Crippen LogP contribution in [0.25, 0.3) is 0 Å². The molecule has 1 unspecified atom stereocenters. The lowest BCUT2D eigenvalue weighted by molar-refractivity contribution is 0.0592. The van der Waals surface area contributed by atoms with Gasteiger partial charge in [0.05, 0.1) is 7.11 Å². The van der Waals surface area contributed by atoms with Gasteiger partial charge in [-0.2, -0.15) is 0 Å². The SMILES string of the molecule is COC(=O)c1ccc(N2CCCC(C(=O)c3ccc(F)cc3)C2)nn1. The minimum Gasteiger partial charge on any atom is -0.464 e. The zero-order valence-electron chi connectivity index (χ0n) is 13.8. The highest BCUT2D eigenvalue weighted by molar-refractivity contribution is 5.98. The van der Waals surface area contributed by atoms with E-state index in [0.717, 1.165) is 19.4 Å². The van der Waals surface area contributed by atoms with Gasteiger partial charge in [0, 0.05) is 24.6 Å². The number of Topliss-reactive ketones (excluding diaryl/α,β-unsaturated/α-hetero) is 1. The molecule has 0 bridgehead atoms. The van der Waals surface area contributed by atoms with E-state index in [9.17, 15) is 14.0 Å². The maximum atomic E-state index is 13.0. The first-order valence-electron chi connectivity index (χ1n) is 8.05. The second-order valence-electron chi connectivity index (χ2n) is 5.92. The first kappa shape index (κ1) is 17.0. The van der Waals surface area contributed by atoms with Gasteiger partial charge in [-0.15, -0.1) is 10.2 Å². The van der Waals surface area contributed by atoms with Crippen molar-refractivity contribution in [2.75, 3.05) is 25.1 Å². The summed E-state index contributed by atoms with van der Waals surface area (Å²) in [5.41, 5.74) is 0.655. The molecular formula is C18H18FN3O3. The first-order chi connectivity index (χ1) is 12.1. The topological polar surface area (TPSA) is 72.4 Å². The van der Waals surface area contributed by atoms with Gasteiger partial charge in [-0.05, 0) is 49.2 Å². The van der Waals surface area contributed by atoms with E-state index in [-0.39, 0.29) is 23.2 Å². The van der Waals surface area contributed by atoms with Crippen molar-refractivity contribution in [3.8, 4) is 0 Å². The van der Waals surface area contributed by atoms with Crippen LogP contribution in [0.3, 0.4) is 0 Å². The third-order valence-electron chi connectivity index (χ3n) is 4.29. The molecule has 1 atom stereocenters. The number of hydrogen-bond donors (Lipinski definition) is 0. The number of carbonyl (C=O) groups excluding carboxylic acids is 2. The number of nitrogens with zero attached hydrogens (tertiary/aromatic N) is 3. The summed E-state index contributed by atoms with van der Waals surface area (Å²) in [5, 5.41) is 7.93. The molecule has 25 heavy (non-hydrogen) atoms. The molecule has 1 aliphatic heterocycles. The predicted octanol–water partition coefficient (Wildman–Crippen LogP) is 2.50. The molecule has 6 nitrogen and oxygen atoms in total. The third kappa shape index (κ3) is 3.81. The van der Waals surface area contributed by atoms with Crippen molar-refractivity contribution in [1.82, 2.24) is 10.2 Å². The molecule has 1 aliphatic rings. The fraction of sp³-hybridized carbons (Fsp3) is 0.333. The van der Waals surface area contributed by atoms with Gasteiger partial charge in [0.25, 0.3) is 0 Å². The maximum absolute atomic E-state index is 13.0. The van der Waals surface area contributed by atoms with Gasteiger partial charge >= 0.3 is 5.97 Å². The number of rotatable bonds is 4. The zero-order chi connectivity index (χ0) is 17.8. The molecule has 2 aromatic rings. The minimum atomic E-state index is -0.540. The van der Waals surface area contributed by atoms with Crippen molar-refractivity contribution < 1.29 is 18.7 Å². The Morgan fingerprint density at radius 3 is 2.56 bits per heavy atom. The number of aromatic nitrogens is 2. The molecular weight excluding hydrogens is 325 g/mol. The quantitative estimate of drug-likeness (QED) is 0.627. The fourth-order valence-electron chi connectivity index (χ4n) is 2.96. The molecule has 7 heteroatoms. The van der Waals surface area contributed by atoms with Crippen molar-refractivity contribution in [2.24, 2.45) is 5.92 Å². The molecule has 1 aromatic carbocycles. The Balaban J connectivity index is 1.71. The molecule has 1 saturated heterocycles. The van der Waals surface area contributed by atoms with E-state index >= 15 is 0 Å². The Hall–Kier alpha value is -2.83. The highest BCUT2D eigenvalue weighted by atomic mass is 19.1. The monoisotopic (exact) mass is 343 g/mol. The molecule has 0 spiro atoms. The van der Waals surface area contributed by atoms with Crippen LogP contribution in [0.15, 0.2) is 36.4 Å². The van der Waals surface area contributed by atoms with Crippen LogP contribution in [0.5, 0.6) is 0 Å². The minimum absolute atomic E-state index is 0.00356. The van der Waals surface area contributed by atoms with Gasteiger partial charge < -0.3 is 9.64 Å². The number of anilines is 1. The first-order valence-corrected chi connectivity index (χ1v) is 8.05. The average molecular weight is 343 g/mol. The molecule has 3 rings (SSSR count). The molecule has 0 aliphatic carbocycles. The normalized spacial score (nSPS) is 17.2. The highest BCUT2D eigenvalue weighted by Crippen LogP contribution is 2.24. The number of piperidine rings is 1. The van der Waals surface area contributed by atoms with Crippen LogP contribution in [0.1, 0.15) is 33.7 Å². The fourth-order valence-corrected chi connectivity index (χ4v) is 2.96. The summed E-state index contributed by atoms with van der Waals surface area (Å²) in [7, 11) is 1.29. The Morgan fingerprint density at radius 2 is 1.92 bits per heavy atom. The van der Waals surface area contributed by atoms with E-state index in [4.69, 9.17) is 0 Å². The Labute approximate surface area is 144 Å². The number of methoxy groups -OCH3 is 1. The van der Waals surface area contributed by atoms with Crippen LogP contribution in [-0.2, 0) is 4.74 Å². The number of halogens is 1. The van der Waals surface area contributed by atoms with Gasteiger partial charge in [-0.25, -0.2) is 9.18 Å². The van der Waals surface area contributed by atoms with Crippen LogP contribution in [0.4, 0.5) is 10.2 Å². The zero-order valence-corrected chi connectivity index (χ0v) is 13.8. The smallest absolute Gasteiger partial charge is 0.358 e. The molecule has 0 saturated carbocycles. The summed E-state index contributed by atoms with van der Waals surface area (Å²) in [6.45, 7) is 1.28. The van der Waals surface area contributed by atoms with Gasteiger partial charge in [0.1, 0.15) is 5.82 Å². The second-order valence-corrected chi connectivity index (χ2v) is 5.92. The van der Waals surface area contributed by atoms with E-state index in [2.05, 4.69) is 14.9 Å². The average Bonchev–Trinajstić information content (AvgIpc) is 2.67. The van der Waals surface area contributed by atoms with Crippen LogP contribution < -0.4 is 4.90 Å². The van der Waals surface area contributed by atoms with Crippen molar-refractivity contribution in [3.05, 3.63) is 53.5 Å². The van der Waals surface area contributed by atoms with E-state index in [1.165, 1.54) is 31.4 Å². The van der Waals surface area contributed by atoms with E-state index < -0.39 is 5.97 Å². The van der Waals surface area contributed by atoms with E-state index in [0.29, 0.717) is 17.9 Å². The second kappa shape index (κ2) is 7.38. The van der Waals surface area contributed by atoms with Crippen LogP contribution in [-0.4, -0.2) is 42.1 Å². The largest absolute Gasteiger partial charge is 0.464 e. The lowest BCUT2D eigenvalue weighted by Gasteiger charge is -2.32. The number of esters is 1.